The fourth-order valence-corrected chi connectivity index (χ4v) is 2.00. The number of aromatic nitrogens is 3. The molecule has 0 bridgehead atoms. The minimum atomic E-state index is 0.215. The van der Waals surface area contributed by atoms with Crippen molar-refractivity contribution < 1.29 is 0 Å². The Balaban J connectivity index is 2.03. The van der Waals surface area contributed by atoms with E-state index < -0.39 is 0 Å². The Kier molecular flexibility index (Phi) is 3.04. The second kappa shape index (κ2) is 5.00. The van der Waals surface area contributed by atoms with Crippen LogP contribution < -0.4 is 16.4 Å². The van der Waals surface area contributed by atoms with Crippen molar-refractivity contribution in [2.45, 2.75) is 0 Å². The van der Waals surface area contributed by atoms with Crippen molar-refractivity contribution in [3.8, 4) is 0 Å². The highest BCUT2D eigenvalue weighted by atomic mass is 15.1. The number of rotatable bonds is 3. The molecular formula is C14H14N6. The normalized spacial score (nSPS) is 10.4. The van der Waals surface area contributed by atoms with E-state index in [4.69, 9.17) is 5.73 Å². The van der Waals surface area contributed by atoms with Gasteiger partial charge in [0.25, 0.3) is 0 Å². The molecule has 1 aromatic carbocycles. The van der Waals surface area contributed by atoms with Crippen molar-refractivity contribution in [3.63, 3.8) is 0 Å². The average molecular weight is 266 g/mol. The molecule has 0 aliphatic carbocycles. The smallest absolute Gasteiger partial charge is 0.223 e. The van der Waals surface area contributed by atoms with Crippen molar-refractivity contribution in [1.29, 1.82) is 0 Å². The number of hydrogen-bond acceptors (Lipinski definition) is 6. The number of pyridine rings is 1. The van der Waals surface area contributed by atoms with Crippen LogP contribution in [0.15, 0.2) is 42.6 Å². The molecule has 0 saturated heterocycles. The monoisotopic (exact) mass is 266 g/mol. The lowest BCUT2D eigenvalue weighted by molar-refractivity contribution is 1.17. The zero-order chi connectivity index (χ0) is 13.9. The van der Waals surface area contributed by atoms with Gasteiger partial charge in [-0.3, -0.25) is 4.98 Å². The molecule has 4 N–H and O–H groups in total. The predicted octanol–water partition coefficient (Wildman–Crippen LogP) is 2.39. The summed E-state index contributed by atoms with van der Waals surface area (Å²) < 4.78 is 0. The van der Waals surface area contributed by atoms with Gasteiger partial charge in [0.05, 0.1) is 11.2 Å². The van der Waals surface area contributed by atoms with Crippen LogP contribution in [0.1, 0.15) is 0 Å². The van der Waals surface area contributed by atoms with E-state index in [1.165, 1.54) is 0 Å². The molecule has 2 heterocycles. The van der Waals surface area contributed by atoms with Gasteiger partial charge in [-0.25, -0.2) is 0 Å². The molecule has 6 heteroatoms. The summed E-state index contributed by atoms with van der Waals surface area (Å²) in [5.41, 5.74) is 7.45. The highest BCUT2D eigenvalue weighted by Crippen LogP contribution is 2.24. The minimum Gasteiger partial charge on any atom is -0.373 e. The number of nitrogens with one attached hydrogen (secondary N) is 2. The molecule has 0 amide bonds. The number of hydrogen-bond donors (Lipinski definition) is 3. The number of para-hydroxylation sites is 1. The third-order valence-electron chi connectivity index (χ3n) is 2.90. The number of nitrogen functional groups attached to an aromatic ring is 1. The van der Waals surface area contributed by atoms with Crippen LogP contribution in [0.2, 0.25) is 0 Å². The first kappa shape index (κ1) is 12.2. The molecule has 0 aliphatic rings. The Morgan fingerprint density at radius 1 is 1.05 bits per heavy atom. The van der Waals surface area contributed by atoms with Crippen LogP contribution in [-0.4, -0.2) is 22.0 Å². The number of benzene rings is 1. The second-order valence-corrected chi connectivity index (χ2v) is 4.25. The van der Waals surface area contributed by atoms with Crippen molar-refractivity contribution in [1.82, 2.24) is 15.0 Å². The van der Waals surface area contributed by atoms with Crippen LogP contribution in [0.4, 0.5) is 23.3 Å². The molecule has 0 aliphatic heterocycles. The molecular weight excluding hydrogens is 252 g/mol. The van der Waals surface area contributed by atoms with Crippen LogP contribution in [0, 0.1) is 0 Å². The molecule has 0 unspecified atom stereocenters. The van der Waals surface area contributed by atoms with Crippen molar-refractivity contribution in [2.24, 2.45) is 0 Å². The fourth-order valence-electron chi connectivity index (χ4n) is 2.00. The first-order valence-corrected chi connectivity index (χ1v) is 6.19. The Labute approximate surface area is 116 Å². The van der Waals surface area contributed by atoms with E-state index in [1.807, 2.05) is 30.3 Å². The van der Waals surface area contributed by atoms with Crippen molar-refractivity contribution in [3.05, 3.63) is 42.6 Å². The molecule has 100 valence electrons. The quantitative estimate of drug-likeness (QED) is 0.674. The van der Waals surface area contributed by atoms with E-state index in [2.05, 4.69) is 25.6 Å². The maximum Gasteiger partial charge on any atom is 0.223 e. The molecule has 0 radical (unpaired) electrons. The summed E-state index contributed by atoms with van der Waals surface area (Å²) in [6, 6.07) is 11.6. The standard InChI is InChI=1S/C14H14N6/c1-16-11-8-12(20-14(15)19-11)18-10-6-2-4-9-5-3-7-17-13(9)10/h2-8H,1H3,(H4,15,16,18,19,20). The van der Waals surface area contributed by atoms with Gasteiger partial charge >= 0.3 is 0 Å². The summed E-state index contributed by atoms with van der Waals surface area (Å²) in [6.07, 6.45) is 1.76. The molecule has 0 saturated carbocycles. The molecule has 20 heavy (non-hydrogen) atoms. The van der Waals surface area contributed by atoms with Crippen LogP contribution in [0.3, 0.4) is 0 Å². The summed E-state index contributed by atoms with van der Waals surface area (Å²) >= 11 is 0. The van der Waals surface area contributed by atoms with Crippen molar-refractivity contribution in [2.75, 3.05) is 23.4 Å². The van der Waals surface area contributed by atoms with Gasteiger partial charge in [-0.2, -0.15) is 9.97 Å². The van der Waals surface area contributed by atoms with Gasteiger partial charge in [0.15, 0.2) is 0 Å². The van der Waals surface area contributed by atoms with E-state index in [0.717, 1.165) is 16.6 Å². The van der Waals surface area contributed by atoms with Crippen LogP contribution >= 0.6 is 0 Å². The first-order chi connectivity index (χ1) is 9.76. The van der Waals surface area contributed by atoms with Gasteiger partial charge in [0.2, 0.25) is 5.95 Å². The molecule has 0 spiro atoms. The van der Waals surface area contributed by atoms with Gasteiger partial charge in [-0.15, -0.1) is 0 Å². The molecule has 0 fully saturated rings. The van der Waals surface area contributed by atoms with Gasteiger partial charge in [-0.1, -0.05) is 18.2 Å². The topological polar surface area (TPSA) is 88.8 Å². The molecule has 0 atom stereocenters. The summed E-state index contributed by atoms with van der Waals surface area (Å²) in [5.74, 6) is 1.50. The number of nitrogens with zero attached hydrogens (tertiary/aromatic N) is 3. The zero-order valence-electron chi connectivity index (χ0n) is 11.0. The molecule has 3 rings (SSSR count). The van der Waals surface area contributed by atoms with Gasteiger partial charge < -0.3 is 16.4 Å². The summed E-state index contributed by atoms with van der Waals surface area (Å²) in [5, 5.41) is 7.24. The van der Waals surface area contributed by atoms with Crippen LogP contribution in [-0.2, 0) is 0 Å². The number of nitrogens with two attached hydrogens (primary N) is 1. The lowest BCUT2D eigenvalue weighted by Crippen LogP contribution is -2.03. The van der Waals surface area contributed by atoms with Gasteiger partial charge in [0.1, 0.15) is 11.6 Å². The Bertz CT molecular complexity index is 750. The maximum absolute atomic E-state index is 5.68. The van der Waals surface area contributed by atoms with Crippen LogP contribution in [0.25, 0.3) is 10.9 Å². The predicted molar refractivity (Wildman–Crippen MR) is 81.0 cm³/mol. The Morgan fingerprint density at radius 3 is 2.70 bits per heavy atom. The summed E-state index contributed by atoms with van der Waals surface area (Å²) in [4.78, 5) is 12.6. The second-order valence-electron chi connectivity index (χ2n) is 4.25. The Hall–Kier alpha value is -2.89. The lowest BCUT2D eigenvalue weighted by Gasteiger charge is -2.10. The largest absolute Gasteiger partial charge is 0.373 e. The van der Waals surface area contributed by atoms with E-state index in [1.54, 1.807) is 19.3 Å². The van der Waals surface area contributed by atoms with Gasteiger partial charge in [0, 0.05) is 24.7 Å². The minimum absolute atomic E-state index is 0.215. The highest BCUT2D eigenvalue weighted by Gasteiger charge is 2.05. The number of anilines is 4. The number of fused-ring (bicyclic) bond motifs is 1. The SMILES string of the molecule is CNc1cc(Nc2cccc3cccnc23)nc(N)n1. The molecule has 2 aromatic heterocycles. The summed E-state index contributed by atoms with van der Waals surface area (Å²) in [6.45, 7) is 0. The highest BCUT2D eigenvalue weighted by molar-refractivity contribution is 5.91. The fraction of sp³-hybridized carbons (Fsp3) is 0.0714. The van der Waals surface area contributed by atoms with E-state index in [-0.39, 0.29) is 5.95 Å². The zero-order valence-corrected chi connectivity index (χ0v) is 11.0. The lowest BCUT2D eigenvalue weighted by atomic mass is 10.2. The maximum atomic E-state index is 5.68. The van der Waals surface area contributed by atoms with Gasteiger partial charge in [-0.05, 0) is 12.1 Å². The van der Waals surface area contributed by atoms with E-state index >= 15 is 0 Å². The third-order valence-corrected chi connectivity index (χ3v) is 2.90. The Morgan fingerprint density at radius 2 is 1.85 bits per heavy atom. The third kappa shape index (κ3) is 2.31. The van der Waals surface area contributed by atoms with Crippen LogP contribution in [0.5, 0.6) is 0 Å². The van der Waals surface area contributed by atoms with E-state index in [9.17, 15) is 0 Å². The van der Waals surface area contributed by atoms with E-state index in [0.29, 0.717) is 11.6 Å². The first-order valence-electron chi connectivity index (χ1n) is 6.19. The molecule has 3 aromatic rings. The molecule has 6 nitrogen and oxygen atoms in total. The average Bonchev–Trinajstić information content (AvgIpc) is 2.47. The summed E-state index contributed by atoms with van der Waals surface area (Å²) in [7, 11) is 1.78. The van der Waals surface area contributed by atoms with Crippen molar-refractivity contribution >= 4 is 34.2 Å².